The van der Waals surface area contributed by atoms with Crippen molar-refractivity contribution in [2.45, 2.75) is 19.4 Å². The van der Waals surface area contributed by atoms with E-state index in [1.54, 1.807) is 25.6 Å². The van der Waals surface area contributed by atoms with Crippen LogP contribution in [0.2, 0.25) is 0 Å². The standard InChI is InChI=1S/C21H30N4O2S/c1-22-21(23-8-6-18-5-4-12-28-18)24-9-11-25-10-7-16-13-19(26-2)20(27-3)14-17(16)15-25/h4-5,12-14H,6-11,15H2,1-3H3,(H2,22,23,24). The number of thiophene rings is 1. The second-order valence-electron chi connectivity index (χ2n) is 6.76. The normalized spacial score (nSPS) is 14.5. The van der Waals surface area contributed by atoms with E-state index in [0.29, 0.717) is 0 Å². The molecule has 6 nitrogen and oxygen atoms in total. The smallest absolute Gasteiger partial charge is 0.191 e. The molecule has 0 saturated heterocycles. The van der Waals surface area contributed by atoms with Crippen LogP contribution in [0.25, 0.3) is 0 Å². The number of benzene rings is 1. The molecular formula is C21H30N4O2S. The summed E-state index contributed by atoms with van der Waals surface area (Å²) in [6.07, 6.45) is 2.05. The summed E-state index contributed by atoms with van der Waals surface area (Å²) in [5, 5.41) is 8.92. The molecule has 1 aromatic carbocycles. The van der Waals surface area contributed by atoms with Gasteiger partial charge in [0.25, 0.3) is 0 Å². The van der Waals surface area contributed by atoms with E-state index in [9.17, 15) is 0 Å². The molecule has 0 fully saturated rings. The molecule has 7 heteroatoms. The highest BCUT2D eigenvalue weighted by Crippen LogP contribution is 2.33. The summed E-state index contributed by atoms with van der Waals surface area (Å²) in [5.41, 5.74) is 2.68. The van der Waals surface area contributed by atoms with E-state index < -0.39 is 0 Å². The van der Waals surface area contributed by atoms with E-state index in [4.69, 9.17) is 9.47 Å². The van der Waals surface area contributed by atoms with E-state index in [1.807, 2.05) is 7.05 Å². The Morgan fingerprint density at radius 2 is 1.89 bits per heavy atom. The minimum absolute atomic E-state index is 0.802. The van der Waals surface area contributed by atoms with Crippen molar-refractivity contribution in [3.05, 3.63) is 45.6 Å². The van der Waals surface area contributed by atoms with Crippen molar-refractivity contribution < 1.29 is 9.47 Å². The number of ether oxygens (including phenoxy) is 2. The fourth-order valence-corrected chi connectivity index (χ4v) is 4.15. The van der Waals surface area contributed by atoms with Gasteiger partial charge in [-0.2, -0.15) is 0 Å². The highest BCUT2D eigenvalue weighted by atomic mass is 32.1. The zero-order chi connectivity index (χ0) is 19.8. The summed E-state index contributed by atoms with van der Waals surface area (Å²) >= 11 is 1.79. The fourth-order valence-electron chi connectivity index (χ4n) is 3.44. The third kappa shape index (κ3) is 5.39. The molecule has 0 radical (unpaired) electrons. The molecule has 152 valence electrons. The van der Waals surface area contributed by atoms with E-state index in [-0.39, 0.29) is 0 Å². The second-order valence-corrected chi connectivity index (χ2v) is 7.79. The average molecular weight is 403 g/mol. The number of nitrogens with one attached hydrogen (secondary N) is 2. The lowest BCUT2D eigenvalue weighted by molar-refractivity contribution is 0.256. The monoisotopic (exact) mass is 402 g/mol. The zero-order valence-corrected chi connectivity index (χ0v) is 17.8. The average Bonchev–Trinajstić information content (AvgIpc) is 3.25. The van der Waals surface area contributed by atoms with Crippen molar-refractivity contribution >= 4 is 17.3 Å². The summed E-state index contributed by atoms with van der Waals surface area (Å²) in [6.45, 7) is 4.70. The van der Waals surface area contributed by atoms with Crippen molar-refractivity contribution in [3.63, 3.8) is 0 Å². The molecule has 1 aliphatic rings. The van der Waals surface area contributed by atoms with Crippen LogP contribution < -0.4 is 20.1 Å². The number of rotatable bonds is 8. The molecule has 0 unspecified atom stereocenters. The lowest BCUT2D eigenvalue weighted by Gasteiger charge is -2.29. The lowest BCUT2D eigenvalue weighted by Crippen LogP contribution is -2.43. The lowest BCUT2D eigenvalue weighted by atomic mass is 9.99. The van der Waals surface area contributed by atoms with Crippen molar-refractivity contribution in [3.8, 4) is 11.5 Å². The van der Waals surface area contributed by atoms with E-state index in [0.717, 1.165) is 63.0 Å². The van der Waals surface area contributed by atoms with Gasteiger partial charge in [0.15, 0.2) is 17.5 Å². The maximum Gasteiger partial charge on any atom is 0.191 e. The largest absolute Gasteiger partial charge is 0.493 e. The number of nitrogens with zero attached hydrogens (tertiary/aromatic N) is 2. The number of guanidine groups is 1. The number of methoxy groups -OCH3 is 2. The quantitative estimate of drug-likeness (QED) is 0.525. The van der Waals surface area contributed by atoms with Gasteiger partial charge in [-0.25, -0.2) is 0 Å². The van der Waals surface area contributed by atoms with Crippen molar-refractivity contribution in [2.24, 2.45) is 4.99 Å². The van der Waals surface area contributed by atoms with Crippen LogP contribution in [0.1, 0.15) is 16.0 Å². The predicted octanol–water partition coefficient (Wildman–Crippen LogP) is 2.53. The topological polar surface area (TPSA) is 58.1 Å². The van der Waals surface area contributed by atoms with Gasteiger partial charge < -0.3 is 20.1 Å². The fraction of sp³-hybridized carbons (Fsp3) is 0.476. The van der Waals surface area contributed by atoms with Crippen LogP contribution in [-0.4, -0.2) is 58.3 Å². The molecule has 3 rings (SSSR count). The Labute approximate surface area is 171 Å². The summed E-state index contributed by atoms with van der Waals surface area (Å²) in [5.74, 6) is 2.48. The Hall–Kier alpha value is -2.25. The van der Waals surface area contributed by atoms with Gasteiger partial charge in [-0.05, 0) is 47.5 Å². The Kier molecular flexibility index (Phi) is 7.56. The van der Waals surface area contributed by atoms with Gasteiger partial charge in [0.2, 0.25) is 0 Å². The number of aliphatic imine (C=N–C) groups is 1. The maximum atomic E-state index is 5.45. The van der Waals surface area contributed by atoms with Crippen LogP contribution in [0.3, 0.4) is 0 Å². The third-order valence-corrected chi connectivity index (χ3v) is 5.92. The van der Waals surface area contributed by atoms with Gasteiger partial charge in [-0.3, -0.25) is 9.89 Å². The Morgan fingerprint density at radius 3 is 2.57 bits per heavy atom. The number of hydrogen-bond donors (Lipinski definition) is 2. The zero-order valence-electron chi connectivity index (χ0n) is 17.0. The van der Waals surface area contributed by atoms with Crippen molar-refractivity contribution in [2.75, 3.05) is 47.4 Å². The van der Waals surface area contributed by atoms with Gasteiger partial charge in [0.05, 0.1) is 14.2 Å². The number of fused-ring (bicyclic) bond motifs is 1. The van der Waals surface area contributed by atoms with Crippen LogP contribution in [0, 0.1) is 0 Å². The predicted molar refractivity (Wildman–Crippen MR) is 116 cm³/mol. The SMILES string of the molecule is CN=C(NCCc1cccs1)NCCN1CCc2cc(OC)c(OC)cc2C1. The molecule has 2 N–H and O–H groups in total. The molecule has 0 aliphatic carbocycles. The van der Waals surface area contributed by atoms with Crippen molar-refractivity contribution in [1.29, 1.82) is 0 Å². The van der Waals surface area contributed by atoms with Gasteiger partial charge in [0.1, 0.15) is 0 Å². The first-order valence-corrected chi connectivity index (χ1v) is 10.5. The Bertz CT molecular complexity index is 777. The summed E-state index contributed by atoms with van der Waals surface area (Å²) in [6, 6.07) is 8.48. The molecule has 2 heterocycles. The summed E-state index contributed by atoms with van der Waals surface area (Å²) in [4.78, 5) is 8.17. The minimum atomic E-state index is 0.802. The van der Waals surface area contributed by atoms with E-state index in [2.05, 4.69) is 50.2 Å². The van der Waals surface area contributed by atoms with Crippen LogP contribution in [0.4, 0.5) is 0 Å². The van der Waals surface area contributed by atoms with Gasteiger partial charge in [-0.1, -0.05) is 6.07 Å². The second kappa shape index (κ2) is 10.3. The molecule has 0 amide bonds. The van der Waals surface area contributed by atoms with E-state index >= 15 is 0 Å². The van der Waals surface area contributed by atoms with E-state index in [1.165, 1.54) is 16.0 Å². The first-order chi connectivity index (χ1) is 13.7. The highest BCUT2D eigenvalue weighted by molar-refractivity contribution is 7.09. The molecular weight excluding hydrogens is 372 g/mol. The summed E-state index contributed by atoms with van der Waals surface area (Å²) in [7, 11) is 5.19. The number of hydrogen-bond acceptors (Lipinski definition) is 5. The molecule has 0 saturated carbocycles. The van der Waals surface area contributed by atoms with Gasteiger partial charge in [-0.15, -0.1) is 11.3 Å². The molecule has 2 aromatic rings. The molecule has 0 bridgehead atoms. The summed E-state index contributed by atoms with van der Waals surface area (Å²) < 4.78 is 10.9. The molecule has 0 atom stereocenters. The Morgan fingerprint density at radius 1 is 1.14 bits per heavy atom. The molecule has 1 aromatic heterocycles. The molecule has 0 spiro atoms. The van der Waals surface area contributed by atoms with Crippen LogP contribution in [0.15, 0.2) is 34.6 Å². The first-order valence-electron chi connectivity index (χ1n) is 9.66. The first kappa shape index (κ1) is 20.5. The Balaban J connectivity index is 1.44. The van der Waals surface area contributed by atoms with Crippen LogP contribution >= 0.6 is 11.3 Å². The van der Waals surface area contributed by atoms with Crippen molar-refractivity contribution in [1.82, 2.24) is 15.5 Å². The van der Waals surface area contributed by atoms with Crippen LogP contribution in [-0.2, 0) is 19.4 Å². The maximum absolute atomic E-state index is 5.45. The molecule has 1 aliphatic heterocycles. The minimum Gasteiger partial charge on any atom is -0.493 e. The highest BCUT2D eigenvalue weighted by Gasteiger charge is 2.19. The third-order valence-electron chi connectivity index (χ3n) is 4.99. The molecule has 28 heavy (non-hydrogen) atoms. The van der Waals surface area contributed by atoms with Gasteiger partial charge >= 0.3 is 0 Å². The van der Waals surface area contributed by atoms with Gasteiger partial charge in [0, 0.05) is 44.6 Å². The van der Waals surface area contributed by atoms with Crippen LogP contribution in [0.5, 0.6) is 11.5 Å².